The van der Waals surface area contributed by atoms with Gasteiger partial charge < -0.3 is 10.4 Å². The quantitative estimate of drug-likeness (QED) is 0.804. The van der Waals surface area contributed by atoms with E-state index in [1.165, 1.54) is 6.08 Å². The highest BCUT2D eigenvalue weighted by Crippen LogP contribution is 2.18. The number of carboxylic acid groups (broad SMARTS) is 1. The Bertz CT molecular complexity index is 490. The van der Waals surface area contributed by atoms with Crippen molar-refractivity contribution in [3.05, 3.63) is 35.4 Å². The number of carboxylic acids is 1. The van der Waals surface area contributed by atoms with E-state index in [2.05, 4.69) is 5.32 Å². The van der Waals surface area contributed by atoms with Crippen molar-refractivity contribution in [2.45, 2.75) is 20.8 Å². The maximum absolute atomic E-state index is 11.6. The number of aryl methyl sites for hydroxylation is 1. The fraction of sp³-hybridized carbons (Fsp3) is 0.286. The van der Waals surface area contributed by atoms with Gasteiger partial charge in [-0.3, -0.25) is 4.79 Å². The van der Waals surface area contributed by atoms with Crippen molar-refractivity contribution in [1.82, 2.24) is 0 Å². The van der Waals surface area contributed by atoms with Crippen LogP contribution in [0.15, 0.2) is 24.3 Å². The summed E-state index contributed by atoms with van der Waals surface area (Å²) in [7, 11) is 0. The van der Waals surface area contributed by atoms with Crippen molar-refractivity contribution in [1.29, 1.82) is 0 Å². The third-order valence-corrected chi connectivity index (χ3v) is 2.46. The molecule has 0 aliphatic carbocycles. The Morgan fingerprint density at radius 2 is 2.00 bits per heavy atom. The summed E-state index contributed by atoms with van der Waals surface area (Å²) >= 11 is 0. The van der Waals surface area contributed by atoms with Gasteiger partial charge >= 0.3 is 5.97 Å². The summed E-state index contributed by atoms with van der Waals surface area (Å²) in [4.78, 5) is 22.1. The molecular formula is C14H17NO3. The normalized spacial score (nSPS) is 10.9. The minimum absolute atomic E-state index is 0.0579. The predicted octanol–water partition coefficient (Wildman–Crippen LogP) is 2.69. The number of hydrogen-bond acceptors (Lipinski definition) is 2. The summed E-state index contributed by atoms with van der Waals surface area (Å²) in [5, 5.41) is 11.4. The molecule has 0 radical (unpaired) electrons. The van der Waals surface area contributed by atoms with E-state index in [0.717, 1.165) is 17.2 Å². The van der Waals surface area contributed by atoms with Gasteiger partial charge in [0.25, 0.3) is 0 Å². The van der Waals surface area contributed by atoms with Gasteiger partial charge in [0.1, 0.15) is 0 Å². The van der Waals surface area contributed by atoms with Crippen LogP contribution in [0.1, 0.15) is 25.0 Å². The van der Waals surface area contributed by atoms with Crippen molar-refractivity contribution in [2.75, 3.05) is 5.32 Å². The van der Waals surface area contributed by atoms with Gasteiger partial charge in [-0.15, -0.1) is 0 Å². The van der Waals surface area contributed by atoms with Gasteiger partial charge in [0.05, 0.1) is 0 Å². The SMILES string of the molecule is Cc1ccc(C=CC(=O)O)cc1NC(=O)C(C)C. The molecule has 0 aliphatic heterocycles. The lowest BCUT2D eigenvalue weighted by Crippen LogP contribution is -2.18. The molecule has 1 aromatic carbocycles. The van der Waals surface area contributed by atoms with Crippen LogP contribution in [-0.4, -0.2) is 17.0 Å². The second-order valence-electron chi connectivity index (χ2n) is 4.39. The third kappa shape index (κ3) is 4.05. The van der Waals surface area contributed by atoms with Gasteiger partial charge in [0.15, 0.2) is 0 Å². The van der Waals surface area contributed by atoms with E-state index in [1.807, 2.05) is 26.8 Å². The molecule has 0 aromatic heterocycles. The zero-order valence-electron chi connectivity index (χ0n) is 10.7. The van der Waals surface area contributed by atoms with E-state index in [9.17, 15) is 9.59 Å². The van der Waals surface area contributed by atoms with Gasteiger partial charge in [-0.1, -0.05) is 26.0 Å². The Morgan fingerprint density at radius 1 is 1.33 bits per heavy atom. The number of anilines is 1. The Balaban J connectivity index is 2.94. The standard InChI is InChI=1S/C14H17NO3/c1-9(2)14(18)15-12-8-11(5-4-10(12)3)6-7-13(16)17/h4-9H,1-3H3,(H,15,18)(H,16,17). The van der Waals surface area contributed by atoms with Gasteiger partial charge in [-0.25, -0.2) is 4.79 Å². The number of carbonyl (C=O) groups is 2. The number of rotatable bonds is 4. The molecule has 0 heterocycles. The summed E-state index contributed by atoms with van der Waals surface area (Å²) in [5.41, 5.74) is 2.39. The van der Waals surface area contributed by atoms with Crippen molar-refractivity contribution in [3.63, 3.8) is 0 Å². The predicted molar refractivity (Wildman–Crippen MR) is 71.3 cm³/mol. The van der Waals surface area contributed by atoms with E-state index in [-0.39, 0.29) is 11.8 Å². The second kappa shape index (κ2) is 6.00. The molecular weight excluding hydrogens is 230 g/mol. The van der Waals surface area contributed by atoms with Crippen LogP contribution in [0.3, 0.4) is 0 Å². The summed E-state index contributed by atoms with van der Waals surface area (Å²) in [6.45, 7) is 5.53. The minimum atomic E-state index is -0.997. The third-order valence-electron chi connectivity index (χ3n) is 2.46. The molecule has 0 saturated heterocycles. The lowest BCUT2D eigenvalue weighted by molar-refractivity contribution is -0.131. The summed E-state index contributed by atoms with van der Waals surface area (Å²) in [5.74, 6) is -1.15. The Hall–Kier alpha value is -2.10. The molecule has 0 saturated carbocycles. The fourth-order valence-corrected chi connectivity index (χ4v) is 1.32. The molecule has 1 rings (SSSR count). The minimum Gasteiger partial charge on any atom is -0.478 e. The Kier molecular flexibility index (Phi) is 4.66. The van der Waals surface area contributed by atoms with Crippen LogP contribution >= 0.6 is 0 Å². The molecule has 2 N–H and O–H groups in total. The number of amides is 1. The highest BCUT2D eigenvalue weighted by Gasteiger charge is 2.08. The molecule has 0 atom stereocenters. The van der Waals surface area contributed by atoms with Crippen molar-refractivity contribution < 1.29 is 14.7 Å². The van der Waals surface area contributed by atoms with Crippen molar-refractivity contribution in [2.24, 2.45) is 5.92 Å². The molecule has 0 aliphatic rings. The van der Waals surface area contributed by atoms with Crippen LogP contribution in [0.25, 0.3) is 6.08 Å². The number of aliphatic carboxylic acids is 1. The van der Waals surface area contributed by atoms with Crippen LogP contribution in [0.2, 0.25) is 0 Å². The zero-order valence-corrected chi connectivity index (χ0v) is 10.7. The lowest BCUT2D eigenvalue weighted by atomic mass is 10.1. The summed E-state index contributed by atoms with van der Waals surface area (Å²) in [6.07, 6.45) is 2.56. The van der Waals surface area contributed by atoms with Crippen LogP contribution in [0, 0.1) is 12.8 Å². The van der Waals surface area contributed by atoms with E-state index in [0.29, 0.717) is 5.69 Å². The topological polar surface area (TPSA) is 66.4 Å². The Morgan fingerprint density at radius 3 is 2.56 bits per heavy atom. The first-order valence-electron chi connectivity index (χ1n) is 5.72. The maximum atomic E-state index is 11.6. The monoisotopic (exact) mass is 247 g/mol. The number of carbonyl (C=O) groups excluding carboxylic acids is 1. The molecule has 0 bridgehead atoms. The number of benzene rings is 1. The van der Waals surface area contributed by atoms with Gasteiger partial charge in [-0.05, 0) is 30.2 Å². The average Bonchev–Trinajstić information content (AvgIpc) is 2.29. The summed E-state index contributed by atoms with van der Waals surface area (Å²) in [6, 6.07) is 5.41. The molecule has 0 unspecified atom stereocenters. The molecule has 1 aromatic rings. The first-order valence-corrected chi connectivity index (χ1v) is 5.72. The average molecular weight is 247 g/mol. The van der Waals surface area contributed by atoms with Crippen LogP contribution in [-0.2, 0) is 9.59 Å². The first-order chi connectivity index (χ1) is 8.40. The first kappa shape index (κ1) is 14.0. The van der Waals surface area contributed by atoms with Crippen LogP contribution in [0.5, 0.6) is 0 Å². The molecule has 96 valence electrons. The highest BCUT2D eigenvalue weighted by atomic mass is 16.4. The number of nitrogens with one attached hydrogen (secondary N) is 1. The van der Waals surface area contributed by atoms with Crippen molar-refractivity contribution >= 4 is 23.6 Å². The van der Waals surface area contributed by atoms with E-state index in [4.69, 9.17) is 5.11 Å². The van der Waals surface area contributed by atoms with E-state index < -0.39 is 5.97 Å². The fourth-order valence-electron chi connectivity index (χ4n) is 1.32. The molecule has 0 fully saturated rings. The Labute approximate surface area is 106 Å². The molecule has 4 nitrogen and oxygen atoms in total. The van der Waals surface area contributed by atoms with Crippen LogP contribution in [0.4, 0.5) is 5.69 Å². The van der Waals surface area contributed by atoms with Crippen molar-refractivity contribution in [3.8, 4) is 0 Å². The molecule has 0 spiro atoms. The van der Waals surface area contributed by atoms with E-state index >= 15 is 0 Å². The maximum Gasteiger partial charge on any atom is 0.328 e. The molecule has 4 heteroatoms. The van der Waals surface area contributed by atoms with Crippen LogP contribution < -0.4 is 5.32 Å². The molecule has 18 heavy (non-hydrogen) atoms. The molecule has 1 amide bonds. The van der Waals surface area contributed by atoms with Gasteiger partial charge in [0, 0.05) is 17.7 Å². The van der Waals surface area contributed by atoms with E-state index in [1.54, 1.807) is 12.1 Å². The number of hydrogen-bond donors (Lipinski definition) is 2. The van der Waals surface area contributed by atoms with Gasteiger partial charge in [0.2, 0.25) is 5.91 Å². The second-order valence-corrected chi connectivity index (χ2v) is 4.39. The van der Waals surface area contributed by atoms with Gasteiger partial charge in [-0.2, -0.15) is 0 Å². The smallest absolute Gasteiger partial charge is 0.328 e. The lowest BCUT2D eigenvalue weighted by Gasteiger charge is -2.11. The zero-order chi connectivity index (χ0) is 13.7. The largest absolute Gasteiger partial charge is 0.478 e. The highest BCUT2D eigenvalue weighted by molar-refractivity contribution is 5.93. The summed E-state index contributed by atoms with van der Waals surface area (Å²) < 4.78 is 0.